The molecule has 0 aliphatic carbocycles. The second-order valence-electron chi connectivity index (χ2n) is 5.89. The molecule has 1 aromatic carbocycles. The van der Waals surface area contributed by atoms with E-state index in [0.717, 1.165) is 5.69 Å². The smallest absolute Gasteiger partial charge is 0.246 e. The minimum Gasteiger partial charge on any atom is -0.492 e. The number of rotatable bonds is 6. The van der Waals surface area contributed by atoms with Gasteiger partial charge in [-0.15, -0.1) is 0 Å². The summed E-state index contributed by atoms with van der Waals surface area (Å²) in [4.78, 5) is 4.51. The van der Waals surface area contributed by atoms with Gasteiger partial charge in [0.1, 0.15) is 16.7 Å². The van der Waals surface area contributed by atoms with Crippen molar-refractivity contribution in [3.8, 4) is 11.6 Å². The third-order valence-electron chi connectivity index (χ3n) is 4.02. The van der Waals surface area contributed by atoms with Crippen molar-refractivity contribution in [1.29, 1.82) is 0 Å². The molecule has 134 valence electrons. The van der Waals surface area contributed by atoms with Gasteiger partial charge >= 0.3 is 0 Å². The molecule has 1 aliphatic rings. The zero-order valence-electron chi connectivity index (χ0n) is 14.4. The third-order valence-corrected chi connectivity index (χ3v) is 5.93. The van der Waals surface area contributed by atoms with E-state index in [-0.39, 0.29) is 11.0 Å². The number of hydrogen-bond donors (Lipinski definition) is 0. The van der Waals surface area contributed by atoms with Gasteiger partial charge in [0.2, 0.25) is 15.9 Å². The molecule has 1 aromatic heterocycles. The maximum atomic E-state index is 13.0. The predicted octanol–water partition coefficient (Wildman–Crippen LogP) is 2.63. The fraction of sp³-hybridized carbons (Fsp3) is 0.389. The normalized spacial score (nSPS) is 18.2. The number of para-hydroxylation sites is 1. The van der Waals surface area contributed by atoms with E-state index in [2.05, 4.69) is 4.98 Å². The van der Waals surface area contributed by atoms with Crippen molar-refractivity contribution < 1.29 is 17.9 Å². The van der Waals surface area contributed by atoms with Gasteiger partial charge < -0.3 is 9.47 Å². The second-order valence-corrected chi connectivity index (χ2v) is 7.79. The van der Waals surface area contributed by atoms with E-state index in [1.54, 1.807) is 30.3 Å². The van der Waals surface area contributed by atoms with E-state index < -0.39 is 10.0 Å². The highest BCUT2D eigenvalue weighted by Crippen LogP contribution is 2.29. The van der Waals surface area contributed by atoms with E-state index in [9.17, 15) is 8.42 Å². The Morgan fingerprint density at radius 2 is 2.00 bits per heavy atom. The van der Waals surface area contributed by atoms with Gasteiger partial charge in [0.05, 0.1) is 13.2 Å². The van der Waals surface area contributed by atoms with Crippen molar-refractivity contribution in [2.24, 2.45) is 0 Å². The maximum Gasteiger partial charge on any atom is 0.246 e. The molecule has 1 fully saturated rings. The van der Waals surface area contributed by atoms with Crippen LogP contribution in [0.25, 0.3) is 0 Å². The molecule has 2 aromatic rings. The van der Waals surface area contributed by atoms with Gasteiger partial charge in [-0.3, -0.25) is 0 Å². The minimum absolute atomic E-state index is 0.200. The number of aryl methyl sites for hydroxylation is 1. The Morgan fingerprint density at radius 3 is 2.76 bits per heavy atom. The highest BCUT2D eigenvalue weighted by Gasteiger charge is 2.35. The summed E-state index contributed by atoms with van der Waals surface area (Å²) >= 11 is 0. The molecule has 0 spiro atoms. The molecule has 0 radical (unpaired) electrons. The van der Waals surface area contributed by atoms with Crippen LogP contribution in [-0.2, 0) is 10.0 Å². The summed E-state index contributed by atoms with van der Waals surface area (Å²) in [5.74, 6) is 0.911. The lowest BCUT2D eigenvalue weighted by Crippen LogP contribution is -2.31. The fourth-order valence-corrected chi connectivity index (χ4v) is 4.46. The Hall–Kier alpha value is -2.12. The number of aromatic nitrogens is 1. The monoisotopic (exact) mass is 362 g/mol. The van der Waals surface area contributed by atoms with Crippen LogP contribution in [0.2, 0.25) is 0 Å². The number of pyridine rings is 1. The molecular weight excluding hydrogens is 340 g/mol. The first-order valence-electron chi connectivity index (χ1n) is 8.33. The van der Waals surface area contributed by atoms with Crippen LogP contribution in [-0.4, -0.2) is 43.5 Å². The van der Waals surface area contributed by atoms with E-state index in [1.807, 2.05) is 26.0 Å². The summed E-state index contributed by atoms with van der Waals surface area (Å²) < 4.78 is 38.7. The number of benzene rings is 1. The van der Waals surface area contributed by atoms with Crippen molar-refractivity contribution in [1.82, 2.24) is 9.29 Å². The Bertz CT molecular complexity index is 838. The van der Waals surface area contributed by atoms with E-state index in [4.69, 9.17) is 9.47 Å². The molecule has 0 bridgehead atoms. The summed E-state index contributed by atoms with van der Waals surface area (Å²) in [6.45, 7) is 4.86. The first-order chi connectivity index (χ1) is 12.0. The first-order valence-corrected chi connectivity index (χ1v) is 9.77. The molecule has 1 atom stereocenters. The van der Waals surface area contributed by atoms with Crippen LogP contribution < -0.4 is 9.47 Å². The Balaban J connectivity index is 1.75. The third kappa shape index (κ3) is 3.93. The van der Waals surface area contributed by atoms with Crippen LogP contribution in [0.5, 0.6) is 11.6 Å². The molecule has 3 rings (SSSR count). The average Bonchev–Trinajstić information content (AvgIpc) is 3.05. The summed E-state index contributed by atoms with van der Waals surface area (Å²) in [7, 11) is -3.62. The van der Waals surface area contributed by atoms with Crippen LogP contribution in [0.3, 0.4) is 0 Å². The lowest BCUT2D eigenvalue weighted by atomic mass is 10.3. The van der Waals surface area contributed by atoms with Gasteiger partial charge in [-0.05, 0) is 38.5 Å². The molecule has 1 saturated heterocycles. The molecule has 6 nitrogen and oxygen atoms in total. The Morgan fingerprint density at radius 1 is 1.20 bits per heavy atom. The standard InChI is InChI=1S/C18H22N2O4S/c1-3-23-16-8-4-5-9-17(16)25(21,22)20-12-11-15(13-20)24-18-10-6-7-14(2)19-18/h4-10,15H,3,11-13H2,1-2H3. The second kappa shape index (κ2) is 7.41. The highest BCUT2D eigenvalue weighted by atomic mass is 32.2. The summed E-state index contributed by atoms with van der Waals surface area (Å²) in [6, 6.07) is 12.3. The largest absolute Gasteiger partial charge is 0.492 e. The fourth-order valence-electron chi connectivity index (χ4n) is 2.84. The maximum absolute atomic E-state index is 13.0. The predicted molar refractivity (Wildman–Crippen MR) is 94.4 cm³/mol. The molecule has 1 aliphatic heterocycles. The van der Waals surface area contributed by atoms with E-state index in [0.29, 0.717) is 37.7 Å². The quantitative estimate of drug-likeness (QED) is 0.790. The van der Waals surface area contributed by atoms with Gasteiger partial charge in [0, 0.05) is 18.3 Å². The first kappa shape index (κ1) is 17.7. The molecule has 2 heterocycles. The van der Waals surface area contributed by atoms with Crippen LogP contribution in [0.1, 0.15) is 19.0 Å². The van der Waals surface area contributed by atoms with Crippen molar-refractivity contribution in [3.05, 3.63) is 48.2 Å². The number of sulfonamides is 1. The summed E-state index contributed by atoms with van der Waals surface area (Å²) in [5, 5.41) is 0. The molecule has 0 N–H and O–H groups in total. The number of ether oxygens (including phenoxy) is 2. The van der Waals surface area contributed by atoms with Crippen molar-refractivity contribution in [3.63, 3.8) is 0 Å². The van der Waals surface area contributed by atoms with Gasteiger partial charge in [0.25, 0.3) is 0 Å². The topological polar surface area (TPSA) is 68.7 Å². The lowest BCUT2D eigenvalue weighted by Gasteiger charge is -2.19. The number of hydrogen-bond acceptors (Lipinski definition) is 5. The molecule has 25 heavy (non-hydrogen) atoms. The average molecular weight is 362 g/mol. The zero-order chi connectivity index (χ0) is 17.9. The summed E-state index contributed by atoms with van der Waals surface area (Å²) in [5.41, 5.74) is 0.866. The molecular formula is C18H22N2O4S. The van der Waals surface area contributed by atoms with Gasteiger partial charge in [-0.2, -0.15) is 4.31 Å². The Labute approximate surface area is 148 Å². The molecule has 1 unspecified atom stereocenters. The Kier molecular flexibility index (Phi) is 5.24. The highest BCUT2D eigenvalue weighted by molar-refractivity contribution is 7.89. The van der Waals surface area contributed by atoms with Gasteiger partial charge in [-0.1, -0.05) is 18.2 Å². The van der Waals surface area contributed by atoms with Crippen LogP contribution in [0.15, 0.2) is 47.4 Å². The molecule has 0 amide bonds. The van der Waals surface area contributed by atoms with Crippen molar-refractivity contribution in [2.75, 3.05) is 19.7 Å². The van der Waals surface area contributed by atoms with Gasteiger partial charge in [-0.25, -0.2) is 13.4 Å². The van der Waals surface area contributed by atoms with Crippen molar-refractivity contribution in [2.45, 2.75) is 31.3 Å². The van der Waals surface area contributed by atoms with Gasteiger partial charge in [0.15, 0.2) is 0 Å². The van der Waals surface area contributed by atoms with Crippen LogP contribution in [0, 0.1) is 6.92 Å². The van der Waals surface area contributed by atoms with E-state index in [1.165, 1.54) is 4.31 Å². The van der Waals surface area contributed by atoms with Crippen LogP contribution >= 0.6 is 0 Å². The molecule has 7 heteroatoms. The zero-order valence-corrected chi connectivity index (χ0v) is 15.2. The lowest BCUT2D eigenvalue weighted by molar-refractivity contribution is 0.206. The number of nitrogens with zero attached hydrogens (tertiary/aromatic N) is 2. The van der Waals surface area contributed by atoms with E-state index >= 15 is 0 Å². The minimum atomic E-state index is -3.62. The molecule has 0 saturated carbocycles. The van der Waals surface area contributed by atoms with Crippen LogP contribution in [0.4, 0.5) is 0 Å². The SMILES string of the molecule is CCOc1ccccc1S(=O)(=O)N1CCC(Oc2cccc(C)n2)C1. The van der Waals surface area contributed by atoms with Crippen molar-refractivity contribution >= 4 is 10.0 Å². The summed E-state index contributed by atoms with van der Waals surface area (Å²) in [6.07, 6.45) is 0.425.